The predicted octanol–water partition coefficient (Wildman–Crippen LogP) is 3.11. The second-order valence-corrected chi connectivity index (χ2v) is 5.53. The minimum Gasteiger partial charge on any atom is -0.478 e. The first kappa shape index (κ1) is 17.0. The molecule has 3 aromatic rings. The van der Waals surface area contributed by atoms with Crippen molar-refractivity contribution in [2.45, 2.75) is 13.5 Å². The zero-order valence-corrected chi connectivity index (χ0v) is 14.4. The summed E-state index contributed by atoms with van der Waals surface area (Å²) in [6.07, 6.45) is 6.57. The van der Waals surface area contributed by atoms with Gasteiger partial charge in [-0.05, 0) is 31.2 Å². The monoisotopic (exact) mass is 356 g/mol. The van der Waals surface area contributed by atoms with Crippen molar-refractivity contribution in [3.05, 3.63) is 65.2 Å². The van der Waals surface area contributed by atoms with Gasteiger partial charge in [0.25, 0.3) is 0 Å². The smallest absolute Gasteiger partial charge is 0.244 e. The molecule has 0 aliphatic heterocycles. The van der Waals surface area contributed by atoms with Gasteiger partial charge in [0.2, 0.25) is 11.8 Å². The fourth-order valence-electron chi connectivity index (χ4n) is 2.36. The van der Waals surface area contributed by atoms with Crippen LogP contribution < -0.4 is 10.1 Å². The van der Waals surface area contributed by atoms with Gasteiger partial charge in [0, 0.05) is 30.6 Å². The predicted molar refractivity (Wildman–Crippen MR) is 96.5 cm³/mol. The van der Waals surface area contributed by atoms with Gasteiger partial charge in [-0.1, -0.05) is 23.7 Å². The van der Waals surface area contributed by atoms with E-state index >= 15 is 0 Å². The van der Waals surface area contributed by atoms with Crippen molar-refractivity contribution < 1.29 is 9.53 Å². The van der Waals surface area contributed by atoms with Crippen LogP contribution >= 0.6 is 11.6 Å². The van der Waals surface area contributed by atoms with Crippen molar-refractivity contribution in [3.63, 3.8) is 0 Å². The number of rotatable bonds is 6. The Morgan fingerprint density at radius 1 is 1.36 bits per heavy atom. The summed E-state index contributed by atoms with van der Waals surface area (Å²) in [4.78, 5) is 20.5. The molecule has 0 atom stereocenters. The van der Waals surface area contributed by atoms with E-state index in [1.54, 1.807) is 18.3 Å². The maximum absolute atomic E-state index is 12.1. The molecule has 0 unspecified atom stereocenters. The molecule has 0 fully saturated rings. The Labute approximate surface area is 150 Å². The summed E-state index contributed by atoms with van der Waals surface area (Å²) in [6, 6.07) is 9.27. The fourth-order valence-corrected chi connectivity index (χ4v) is 2.60. The van der Waals surface area contributed by atoms with Crippen LogP contribution in [0.15, 0.2) is 48.8 Å². The molecular weight excluding hydrogens is 340 g/mol. The third-order valence-electron chi connectivity index (χ3n) is 3.50. The van der Waals surface area contributed by atoms with Crippen molar-refractivity contribution in [2.24, 2.45) is 0 Å². The first-order valence-corrected chi connectivity index (χ1v) is 8.22. The highest BCUT2D eigenvalue weighted by atomic mass is 35.5. The van der Waals surface area contributed by atoms with Gasteiger partial charge in [-0.2, -0.15) is 0 Å². The maximum Gasteiger partial charge on any atom is 0.244 e. The maximum atomic E-state index is 12.1. The Balaban J connectivity index is 1.68. The first-order valence-electron chi connectivity index (χ1n) is 7.84. The second kappa shape index (κ2) is 7.81. The molecular formula is C18H17ClN4O2. The molecule has 3 aromatic heterocycles. The number of halogens is 1. The second-order valence-electron chi connectivity index (χ2n) is 5.17. The number of hydrogen-bond donors (Lipinski definition) is 1. The highest BCUT2D eigenvalue weighted by Crippen LogP contribution is 2.19. The topological polar surface area (TPSA) is 68.5 Å². The highest BCUT2D eigenvalue weighted by molar-refractivity contribution is 6.31. The number of hydrogen-bond acceptors (Lipinski definition) is 4. The Morgan fingerprint density at radius 3 is 3.08 bits per heavy atom. The number of ether oxygens (including phenoxy) is 1. The number of carbonyl (C=O) groups excluding carboxylic acids is 1. The molecule has 0 aliphatic carbocycles. The van der Waals surface area contributed by atoms with E-state index in [2.05, 4.69) is 15.3 Å². The summed E-state index contributed by atoms with van der Waals surface area (Å²) in [7, 11) is 0. The minimum atomic E-state index is -0.242. The lowest BCUT2D eigenvalue weighted by molar-refractivity contribution is -0.116. The van der Waals surface area contributed by atoms with Crippen LogP contribution in [-0.4, -0.2) is 26.9 Å². The Bertz CT molecular complexity index is 920. The van der Waals surface area contributed by atoms with Crippen molar-refractivity contribution in [3.8, 4) is 5.88 Å². The van der Waals surface area contributed by atoms with Gasteiger partial charge in [-0.25, -0.2) is 9.97 Å². The largest absolute Gasteiger partial charge is 0.478 e. The molecule has 0 saturated heterocycles. The van der Waals surface area contributed by atoms with Crippen LogP contribution in [0, 0.1) is 0 Å². The lowest BCUT2D eigenvalue weighted by atomic mass is 10.2. The van der Waals surface area contributed by atoms with Crippen molar-refractivity contribution in [1.82, 2.24) is 19.7 Å². The van der Waals surface area contributed by atoms with Gasteiger partial charge >= 0.3 is 0 Å². The normalized spacial score (nSPS) is 11.1. The number of fused-ring (bicyclic) bond motifs is 1. The van der Waals surface area contributed by atoms with Crippen LogP contribution in [0.1, 0.15) is 18.2 Å². The number of amides is 1. The summed E-state index contributed by atoms with van der Waals surface area (Å²) < 4.78 is 7.26. The van der Waals surface area contributed by atoms with E-state index in [9.17, 15) is 4.79 Å². The SMILES string of the molecule is CCOc1ncccc1CNC(=O)/C=C/c1c(Cl)nc2ccccn12. The van der Waals surface area contributed by atoms with Crippen molar-refractivity contribution >= 4 is 29.2 Å². The van der Waals surface area contributed by atoms with Crippen LogP contribution in [0.5, 0.6) is 5.88 Å². The molecule has 0 aliphatic rings. The molecule has 0 spiro atoms. The Morgan fingerprint density at radius 2 is 2.24 bits per heavy atom. The number of nitrogens with one attached hydrogen (secondary N) is 1. The average molecular weight is 357 g/mol. The van der Waals surface area contributed by atoms with E-state index in [-0.39, 0.29) is 5.91 Å². The number of aromatic nitrogens is 3. The zero-order valence-electron chi connectivity index (χ0n) is 13.6. The standard InChI is InChI=1S/C18H17ClN4O2/c1-2-25-18-13(6-5-10-20-18)12-21-16(24)9-8-14-17(19)22-15-7-3-4-11-23(14)15/h3-11H,2,12H2,1H3,(H,21,24)/b9-8+. The molecule has 1 amide bonds. The van der Waals surface area contributed by atoms with E-state index in [1.807, 2.05) is 41.8 Å². The number of carbonyl (C=O) groups is 1. The first-order chi connectivity index (χ1) is 12.2. The van der Waals surface area contributed by atoms with Crippen molar-refractivity contribution in [2.75, 3.05) is 6.61 Å². The highest BCUT2D eigenvalue weighted by Gasteiger charge is 2.08. The third kappa shape index (κ3) is 3.97. The fraction of sp³-hybridized carbons (Fsp3) is 0.167. The number of imidazole rings is 1. The van der Waals surface area contributed by atoms with E-state index in [4.69, 9.17) is 16.3 Å². The van der Waals surface area contributed by atoms with Gasteiger partial charge in [0.05, 0.1) is 12.3 Å². The molecule has 3 rings (SSSR count). The summed E-state index contributed by atoms with van der Waals surface area (Å²) in [5.74, 6) is 0.285. The van der Waals surface area contributed by atoms with Gasteiger partial charge in [0.15, 0.2) is 5.15 Å². The van der Waals surface area contributed by atoms with E-state index in [0.717, 1.165) is 11.2 Å². The van der Waals surface area contributed by atoms with E-state index in [0.29, 0.717) is 29.9 Å². The molecule has 6 nitrogen and oxygen atoms in total. The summed E-state index contributed by atoms with van der Waals surface area (Å²) in [6.45, 7) is 2.73. The molecule has 25 heavy (non-hydrogen) atoms. The van der Waals surface area contributed by atoms with Crippen LogP contribution in [-0.2, 0) is 11.3 Å². The molecule has 0 bridgehead atoms. The minimum absolute atomic E-state index is 0.242. The van der Waals surface area contributed by atoms with Gasteiger partial charge < -0.3 is 10.1 Å². The molecule has 128 valence electrons. The van der Waals surface area contributed by atoms with Gasteiger partial charge in [-0.15, -0.1) is 0 Å². The molecule has 0 saturated carbocycles. The number of pyridine rings is 2. The number of nitrogens with zero attached hydrogens (tertiary/aromatic N) is 3. The summed E-state index contributed by atoms with van der Waals surface area (Å²) in [5, 5.41) is 3.16. The molecule has 0 aromatic carbocycles. The van der Waals surface area contributed by atoms with Crippen LogP contribution in [0.3, 0.4) is 0 Å². The quantitative estimate of drug-likeness (QED) is 0.689. The Hall–Kier alpha value is -2.86. The summed E-state index contributed by atoms with van der Waals surface area (Å²) >= 11 is 6.14. The molecule has 7 heteroatoms. The van der Waals surface area contributed by atoms with Gasteiger partial charge in [0.1, 0.15) is 5.65 Å². The van der Waals surface area contributed by atoms with Crippen LogP contribution in [0.2, 0.25) is 5.15 Å². The van der Waals surface area contributed by atoms with E-state index in [1.165, 1.54) is 6.08 Å². The van der Waals surface area contributed by atoms with Crippen molar-refractivity contribution in [1.29, 1.82) is 0 Å². The molecule has 0 radical (unpaired) electrons. The zero-order chi connectivity index (χ0) is 17.6. The van der Waals surface area contributed by atoms with Crippen LogP contribution in [0.25, 0.3) is 11.7 Å². The Kier molecular flexibility index (Phi) is 5.30. The molecule has 1 N–H and O–H groups in total. The lowest BCUT2D eigenvalue weighted by Gasteiger charge is -2.08. The van der Waals surface area contributed by atoms with Crippen LogP contribution in [0.4, 0.5) is 0 Å². The lowest BCUT2D eigenvalue weighted by Crippen LogP contribution is -2.21. The van der Waals surface area contributed by atoms with E-state index < -0.39 is 0 Å². The summed E-state index contributed by atoms with van der Waals surface area (Å²) in [5.41, 5.74) is 2.20. The molecule has 3 heterocycles. The third-order valence-corrected chi connectivity index (χ3v) is 3.78. The van der Waals surface area contributed by atoms with Gasteiger partial charge in [-0.3, -0.25) is 9.20 Å². The average Bonchev–Trinajstić information content (AvgIpc) is 2.94.